The average molecular weight is 438 g/mol. The van der Waals surface area contributed by atoms with Crippen molar-refractivity contribution >= 4 is 5.91 Å². The molecule has 1 fully saturated rings. The molecule has 2 heterocycles. The van der Waals surface area contributed by atoms with Gasteiger partial charge in [-0.25, -0.2) is 0 Å². The normalized spacial score (nSPS) is 15.4. The number of nitrogens with zero attached hydrogens (tertiary/aromatic N) is 1. The van der Waals surface area contributed by atoms with Crippen LogP contribution in [0.25, 0.3) is 11.3 Å². The fourth-order valence-corrected chi connectivity index (χ4v) is 4.33. The first-order valence-electron chi connectivity index (χ1n) is 11.0. The van der Waals surface area contributed by atoms with Crippen LogP contribution in [0.2, 0.25) is 0 Å². The van der Waals surface area contributed by atoms with E-state index in [1.807, 2.05) is 84.9 Å². The van der Waals surface area contributed by atoms with Gasteiger partial charge in [0.05, 0.1) is 17.2 Å². The Balaban J connectivity index is 1.27. The zero-order valence-corrected chi connectivity index (χ0v) is 17.9. The molecule has 0 radical (unpaired) electrons. The second-order valence-electron chi connectivity index (χ2n) is 8.45. The van der Waals surface area contributed by atoms with Crippen LogP contribution in [0.4, 0.5) is 0 Å². The summed E-state index contributed by atoms with van der Waals surface area (Å²) in [5.41, 5.74) is 2.90. The van der Waals surface area contributed by atoms with E-state index in [0.717, 1.165) is 29.5 Å². The van der Waals surface area contributed by atoms with Gasteiger partial charge in [0.25, 0.3) is 0 Å². The summed E-state index contributed by atoms with van der Waals surface area (Å²) in [5.74, 6) is 1.96. The molecule has 1 aliphatic carbocycles. The molecule has 33 heavy (non-hydrogen) atoms. The summed E-state index contributed by atoms with van der Waals surface area (Å²) in [7, 11) is 0. The number of carbonyl (C=O) groups excluding carboxylic acids is 1. The van der Waals surface area contributed by atoms with Crippen LogP contribution >= 0.6 is 0 Å². The van der Waals surface area contributed by atoms with Gasteiger partial charge in [0, 0.05) is 11.6 Å². The third kappa shape index (κ3) is 3.53. The van der Waals surface area contributed by atoms with E-state index in [9.17, 15) is 4.79 Å². The highest BCUT2D eigenvalue weighted by molar-refractivity contribution is 5.91. The molecule has 164 valence electrons. The van der Waals surface area contributed by atoms with Crippen molar-refractivity contribution in [2.75, 3.05) is 6.79 Å². The van der Waals surface area contributed by atoms with Crippen LogP contribution < -0.4 is 14.8 Å². The molecule has 4 aromatic rings. The molecule has 6 heteroatoms. The van der Waals surface area contributed by atoms with E-state index in [-0.39, 0.29) is 18.7 Å². The first-order valence-corrected chi connectivity index (χ1v) is 11.0. The lowest BCUT2D eigenvalue weighted by Gasteiger charge is -2.22. The van der Waals surface area contributed by atoms with Crippen molar-refractivity contribution in [2.24, 2.45) is 0 Å². The number of nitrogens with one attached hydrogen (secondary N) is 1. The van der Waals surface area contributed by atoms with Crippen LogP contribution in [0.5, 0.6) is 11.5 Å². The molecule has 0 unspecified atom stereocenters. The lowest BCUT2D eigenvalue weighted by Crippen LogP contribution is -2.38. The predicted octanol–water partition coefficient (Wildman–Crippen LogP) is 5.01. The van der Waals surface area contributed by atoms with E-state index in [2.05, 4.69) is 10.5 Å². The highest BCUT2D eigenvalue weighted by Gasteiger charge is 2.54. The summed E-state index contributed by atoms with van der Waals surface area (Å²) < 4.78 is 16.5. The maximum atomic E-state index is 13.6. The zero-order valence-electron chi connectivity index (χ0n) is 17.9. The van der Waals surface area contributed by atoms with Gasteiger partial charge in [0.2, 0.25) is 12.7 Å². The van der Waals surface area contributed by atoms with Gasteiger partial charge in [-0.15, -0.1) is 0 Å². The Kier molecular flexibility index (Phi) is 4.64. The Morgan fingerprint density at radius 3 is 2.18 bits per heavy atom. The number of fused-ring (bicyclic) bond motifs is 1. The third-order valence-electron chi connectivity index (χ3n) is 6.38. The van der Waals surface area contributed by atoms with Gasteiger partial charge in [0.1, 0.15) is 0 Å². The fraction of sp³-hybridized carbons (Fsp3) is 0.185. The average Bonchev–Trinajstić information content (AvgIpc) is 3.29. The van der Waals surface area contributed by atoms with Gasteiger partial charge < -0.3 is 19.3 Å². The van der Waals surface area contributed by atoms with E-state index in [1.54, 1.807) is 0 Å². The van der Waals surface area contributed by atoms with E-state index < -0.39 is 5.41 Å². The van der Waals surface area contributed by atoms with E-state index in [0.29, 0.717) is 23.0 Å². The number of aromatic nitrogens is 1. The number of ether oxygens (including phenoxy) is 2. The minimum absolute atomic E-state index is 0.0363. The highest BCUT2D eigenvalue weighted by Crippen LogP contribution is 2.49. The summed E-state index contributed by atoms with van der Waals surface area (Å²) in [6, 6.07) is 27.3. The standard InChI is InChI=1S/C27H22N2O4/c30-26(28-25(18-7-3-1-4-8-18)19-9-5-2-6-10-19)27(13-14-27)24-16-22(33-29-24)20-11-12-21-23(15-20)32-17-31-21/h1-12,15-16,25H,13-14,17H2,(H,28,30). The fourth-order valence-electron chi connectivity index (χ4n) is 4.33. The van der Waals surface area contributed by atoms with Crippen molar-refractivity contribution in [1.82, 2.24) is 10.5 Å². The van der Waals surface area contributed by atoms with Crippen molar-refractivity contribution in [1.29, 1.82) is 0 Å². The topological polar surface area (TPSA) is 73.6 Å². The van der Waals surface area contributed by atoms with Gasteiger partial charge in [0.15, 0.2) is 17.3 Å². The lowest BCUT2D eigenvalue weighted by atomic mass is 9.95. The molecule has 6 nitrogen and oxygen atoms in total. The molecule has 0 atom stereocenters. The Labute approximate surface area is 191 Å². The number of carbonyl (C=O) groups is 1. The van der Waals surface area contributed by atoms with Gasteiger partial charge in [-0.2, -0.15) is 0 Å². The number of hydrogen-bond donors (Lipinski definition) is 1. The summed E-state index contributed by atoms with van der Waals surface area (Å²) in [5, 5.41) is 7.56. The first-order chi connectivity index (χ1) is 16.2. The molecule has 0 spiro atoms. The molecule has 6 rings (SSSR count). The largest absolute Gasteiger partial charge is 0.454 e. The summed E-state index contributed by atoms with van der Waals surface area (Å²) >= 11 is 0. The number of amides is 1. The maximum Gasteiger partial charge on any atom is 0.233 e. The molecule has 1 aliphatic heterocycles. The van der Waals surface area contributed by atoms with Gasteiger partial charge in [-0.05, 0) is 42.2 Å². The number of rotatable bonds is 6. The van der Waals surface area contributed by atoms with Gasteiger partial charge >= 0.3 is 0 Å². The van der Waals surface area contributed by atoms with Crippen LogP contribution in [-0.4, -0.2) is 17.9 Å². The van der Waals surface area contributed by atoms with Crippen molar-refractivity contribution in [3.05, 3.63) is 102 Å². The minimum Gasteiger partial charge on any atom is -0.454 e. The predicted molar refractivity (Wildman–Crippen MR) is 122 cm³/mol. The van der Waals surface area contributed by atoms with Crippen LogP contribution in [0.15, 0.2) is 89.5 Å². The summed E-state index contributed by atoms with van der Waals surface area (Å²) in [6.07, 6.45) is 1.48. The Morgan fingerprint density at radius 1 is 0.848 bits per heavy atom. The highest BCUT2D eigenvalue weighted by atomic mass is 16.7. The van der Waals surface area contributed by atoms with Gasteiger partial charge in [-0.3, -0.25) is 4.79 Å². The van der Waals surface area contributed by atoms with Crippen molar-refractivity contribution in [3.63, 3.8) is 0 Å². The molecule has 0 saturated heterocycles. The number of benzene rings is 3. The number of hydrogen-bond acceptors (Lipinski definition) is 5. The van der Waals surface area contributed by atoms with E-state index >= 15 is 0 Å². The quantitative estimate of drug-likeness (QED) is 0.458. The van der Waals surface area contributed by atoms with Crippen molar-refractivity contribution in [2.45, 2.75) is 24.3 Å². The van der Waals surface area contributed by atoms with Crippen molar-refractivity contribution < 1.29 is 18.8 Å². The molecule has 0 bridgehead atoms. The second-order valence-corrected chi connectivity index (χ2v) is 8.45. The monoisotopic (exact) mass is 438 g/mol. The Bertz CT molecular complexity index is 1260. The second kappa shape index (κ2) is 7.81. The third-order valence-corrected chi connectivity index (χ3v) is 6.38. The summed E-state index contributed by atoms with van der Waals surface area (Å²) in [6.45, 7) is 0.216. The molecule has 2 aliphatic rings. The molecule has 1 N–H and O–H groups in total. The lowest BCUT2D eigenvalue weighted by molar-refractivity contribution is -0.124. The Morgan fingerprint density at radius 2 is 1.52 bits per heavy atom. The van der Waals surface area contributed by atoms with E-state index in [4.69, 9.17) is 14.0 Å². The van der Waals surface area contributed by atoms with E-state index in [1.165, 1.54) is 0 Å². The van der Waals surface area contributed by atoms with Crippen LogP contribution in [0.3, 0.4) is 0 Å². The molecule has 1 saturated carbocycles. The maximum absolute atomic E-state index is 13.6. The van der Waals surface area contributed by atoms with Crippen LogP contribution in [-0.2, 0) is 10.2 Å². The summed E-state index contributed by atoms with van der Waals surface area (Å²) in [4.78, 5) is 13.6. The Hall–Kier alpha value is -4.06. The van der Waals surface area contributed by atoms with Crippen LogP contribution in [0.1, 0.15) is 35.7 Å². The molecular formula is C27H22N2O4. The first kappa shape index (κ1) is 19.6. The van der Waals surface area contributed by atoms with Crippen LogP contribution in [0, 0.1) is 0 Å². The smallest absolute Gasteiger partial charge is 0.233 e. The van der Waals surface area contributed by atoms with Crippen molar-refractivity contribution in [3.8, 4) is 22.8 Å². The minimum atomic E-state index is -0.667. The molecule has 1 amide bonds. The van der Waals surface area contributed by atoms with Gasteiger partial charge in [-0.1, -0.05) is 65.8 Å². The zero-order chi connectivity index (χ0) is 22.3. The molecule has 1 aromatic heterocycles. The molecular weight excluding hydrogens is 416 g/mol. The SMILES string of the molecule is O=C(NC(c1ccccc1)c1ccccc1)C1(c2cc(-c3ccc4c(c3)OCO4)on2)CC1. The molecule has 3 aromatic carbocycles.